The molecule has 160 valence electrons. The zero-order valence-corrected chi connectivity index (χ0v) is 18.9. The first-order chi connectivity index (χ1) is 15.0. The van der Waals surface area contributed by atoms with Gasteiger partial charge >= 0.3 is 5.97 Å². The smallest absolute Gasteiger partial charge is 0.307 e. The van der Waals surface area contributed by atoms with E-state index in [1.54, 1.807) is 18.0 Å². The van der Waals surface area contributed by atoms with Gasteiger partial charge in [0, 0.05) is 17.6 Å². The van der Waals surface area contributed by atoms with Gasteiger partial charge in [-0.15, -0.1) is 0 Å². The summed E-state index contributed by atoms with van der Waals surface area (Å²) >= 11 is 7.16. The Morgan fingerprint density at radius 3 is 2.74 bits per heavy atom. The number of carbonyl (C=O) groups excluding carboxylic acids is 1. The number of benzene rings is 1. The van der Waals surface area contributed by atoms with Gasteiger partial charge in [0.05, 0.1) is 25.3 Å². The van der Waals surface area contributed by atoms with E-state index in [1.165, 1.54) is 12.7 Å². The normalized spacial score (nSPS) is 18.1. The predicted octanol–water partition coefficient (Wildman–Crippen LogP) is 4.67. The van der Waals surface area contributed by atoms with Crippen LogP contribution in [0.3, 0.4) is 0 Å². The van der Waals surface area contributed by atoms with Crippen molar-refractivity contribution >= 4 is 35.1 Å². The van der Waals surface area contributed by atoms with Gasteiger partial charge in [-0.2, -0.15) is 0 Å². The maximum absolute atomic E-state index is 11.7. The molecule has 4 rings (SSSR count). The molecule has 3 aromatic rings. The number of furan rings is 1. The summed E-state index contributed by atoms with van der Waals surface area (Å²) < 4.78 is 11.1. The van der Waals surface area contributed by atoms with Gasteiger partial charge < -0.3 is 19.4 Å². The minimum Gasteiger partial charge on any atom is -0.469 e. The SMILES string of the molecule is COC(=O)CCN1C(=S)NC(c2ccccn2)C1c1ccc(Sc2ccc(C)cc2)o1. The van der Waals surface area contributed by atoms with Gasteiger partial charge in [0.25, 0.3) is 0 Å². The molecule has 1 fully saturated rings. The Bertz CT molecular complexity index is 1050. The number of pyridine rings is 1. The van der Waals surface area contributed by atoms with E-state index >= 15 is 0 Å². The van der Waals surface area contributed by atoms with E-state index in [9.17, 15) is 4.79 Å². The van der Waals surface area contributed by atoms with Crippen LogP contribution < -0.4 is 5.32 Å². The molecule has 0 radical (unpaired) electrons. The standard InChI is InChI=1S/C23H23N3O3S2/c1-15-6-8-16(9-7-15)31-20-11-10-18(29-20)22-21(17-5-3-4-13-24-17)25-23(30)26(22)14-12-19(27)28-2/h3-11,13,21-22H,12,14H2,1-2H3,(H,25,30). The summed E-state index contributed by atoms with van der Waals surface area (Å²) in [6, 6.07) is 17.6. The minimum absolute atomic E-state index is 0.185. The van der Waals surface area contributed by atoms with Crippen LogP contribution >= 0.6 is 24.0 Å². The van der Waals surface area contributed by atoms with Crippen LogP contribution in [0.1, 0.15) is 35.5 Å². The van der Waals surface area contributed by atoms with Crippen molar-refractivity contribution in [2.24, 2.45) is 0 Å². The molecule has 2 atom stereocenters. The van der Waals surface area contributed by atoms with Gasteiger partial charge in [-0.1, -0.05) is 35.5 Å². The summed E-state index contributed by atoms with van der Waals surface area (Å²) in [7, 11) is 1.39. The van der Waals surface area contributed by atoms with Crippen LogP contribution in [0.25, 0.3) is 0 Å². The number of carbonyl (C=O) groups is 1. The summed E-state index contributed by atoms with van der Waals surface area (Å²) in [5, 5.41) is 4.71. The Kier molecular flexibility index (Phi) is 6.58. The molecule has 1 N–H and O–H groups in total. The number of nitrogens with one attached hydrogen (secondary N) is 1. The Morgan fingerprint density at radius 1 is 1.23 bits per heavy atom. The monoisotopic (exact) mass is 453 g/mol. The topological polar surface area (TPSA) is 67.6 Å². The van der Waals surface area contributed by atoms with E-state index in [0.717, 1.165) is 21.4 Å². The number of ether oxygens (including phenoxy) is 1. The van der Waals surface area contributed by atoms with Gasteiger partial charge in [-0.25, -0.2) is 0 Å². The Balaban J connectivity index is 1.61. The molecular formula is C23H23N3O3S2. The molecule has 8 heteroatoms. The van der Waals surface area contributed by atoms with Gasteiger partial charge in [0.15, 0.2) is 10.2 Å². The molecule has 1 aliphatic heterocycles. The second kappa shape index (κ2) is 9.53. The highest BCUT2D eigenvalue weighted by molar-refractivity contribution is 7.99. The fourth-order valence-corrected chi connectivity index (χ4v) is 4.65. The van der Waals surface area contributed by atoms with Crippen LogP contribution in [0.15, 0.2) is 75.2 Å². The van der Waals surface area contributed by atoms with Crippen molar-refractivity contribution in [1.29, 1.82) is 0 Å². The minimum atomic E-state index is -0.280. The van der Waals surface area contributed by atoms with E-state index in [0.29, 0.717) is 11.7 Å². The lowest BCUT2D eigenvalue weighted by molar-refractivity contribution is -0.140. The third-order valence-corrected chi connectivity index (χ3v) is 6.40. The van der Waals surface area contributed by atoms with Crippen molar-refractivity contribution in [1.82, 2.24) is 15.2 Å². The Hall–Kier alpha value is -2.84. The van der Waals surface area contributed by atoms with E-state index < -0.39 is 0 Å². The van der Waals surface area contributed by atoms with Crippen molar-refractivity contribution in [3.63, 3.8) is 0 Å². The molecule has 6 nitrogen and oxygen atoms in total. The Labute approximate surface area is 191 Å². The fraction of sp³-hybridized carbons (Fsp3) is 0.261. The summed E-state index contributed by atoms with van der Waals surface area (Å²) in [6.07, 6.45) is 1.99. The number of hydrogen-bond acceptors (Lipinski definition) is 6. The highest BCUT2D eigenvalue weighted by Gasteiger charge is 2.41. The maximum atomic E-state index is 11.7. The van der Waals surface area contributed by atoms with Gasteiger partial charge in [-0.05, 0) is 55.5 Å². The van der Waals surface area contributed by atoms with Gasteiger partial charge in [0.1, 0.15) is 11.8 Å². The van der Waals surface area contributed by atoms with Crippen molar-refractivity contribution in [2.45, 2.75) is 35.4 Å². The largest absolute Gasteiger partial charge is 0.469 e. The molecule has 0 amide bonds. The van der Waals surface area contributed by atoms with Gasteiger partial charge in [-0.3, -0.25) is 9.78 Å². The quantitative estimate of drug-likeness (QED) is 0.409. The van der Waals surface area contributed by atoms with Crippen molar-refractivity contribution in [3.05, 3.63) is 77.8 Å². The summed E-state index contributed by atoms with van der Waals surface area (Å²) in [6.45, 7) is 2.49. The molecule has 0 spiro atoms. The second-order valence-electron chi connectivity index (χ2n) is 7.22. The van der Waals surface area contributed by atoms with Crippen molar-refractivity contribution in [2.75, 3.05) is 13.7 Å². The molecule has 3 heterocycles. The van der Waals surface area contributed by atoms with Crippen molar-refractivity contribution in [3.8, 4) is 0 Å². The summed E-state index contributed by atoms with van der Waals surface area (Å²) in [4.78, 5) is 19.3. The second-order valence-corrected chi connectivity index (χ2v) is 8.68. The van der Waals surface area contributed by atoms with Crippen LogP contribution in [0.2, 0.25) is 0 Å². The van der Waals surface area contributed by atoms with Crippen LogP contribution in [0, 0.1) is 6.92 Å². The van der Waals surface area contributed by atoms with Crippen LogP contribution in [-0.2, 0) is 9.53 Å². The number of rotatable bonds is 7. The number of aromatic nitrogens is 1. The maximum Gasteiger partial charge on any atom is 0.307 e. The first kappa shape index (κ1) is 21.4. The summed E-state index contributed by atoms with van der Waals surface area (Å²) in [5.41, 5.74) is 2.08. The highest BCUT2D eigenvalue weighted by atomic mass is 32.2. The fourth-order valence-electron chi connectivity index (χ4n) is 3.54. The average molecular weight is 454 g/mol. The highest BCUT2D eigenvalue weighted by Crippen LogP contribution is 2.41. The van der Waals surface area contributed by atoms with E-state index in [2.05, 4.69) is 41.5 Å². The van der Waals surface area contributed by atoms with E-state index in [4.69, 9.17) is 21.4 Å². The molecule has 31 heavy (non-hydrogen) atoms. The number of esters is 1. The average Bonchev–Trinajstić information content (AvgIpc) is 3.38. The van der Waals surface area contributed by atoms with E-state index in [-0.39, 0.29) is 24.5 Å². The Morgan fingerprint density at radius 2 is 2.03 bits per heavy atom. The molecule has 2 aromatic heterocycles. The van der Waals surface area contributed by atoms with Crippen LogP contribution in [0.4, 0.5) is 0 Å². The third kappa shape index (κ3) is 4.91. The number of nitrogens with zero attached hydrogens (tertiary/aromatic N) is 2. The summed E-state index contributed by atoms with van der Waals surface area (Å²) in [5.74, 6) is 0.486. The molecule has 1 aromatic carbocycles. The molecule has 0 aliphatic carbocycles. The lowest BCUT2D eigenvalue weighted by Gasteiger charge is -2.25. The van der Waals surface area contributed by atoms with Gasteiger partial charge in [0.2, 0.25) is 0 Å². The molecule has 1 aliphatic rings. The molecule has 1 saturated heterocycles. The number of aryl methyl sites for hydroxylation is 1. The van der Waals surface area contributed by atoms with Crippen LogP contribution in [0.5, 0.6) is 0 Å². The number of methoxy groups -OCH3 is 1. The first-order valence-corrected chi connectivity index (χ1v) is 11.2. The van der Waals surface area contributed by atoms with Crippen molar-refractivity contribution < 1.29 is 13.9 Å². The molecule has 0 bridgehead atoms. The molecule has 2 unspecified atom stereocenters. The van der Waals surface area contributed by atoms with E-state index in [1.807, 2.05) is 35.2 Å². The predicted molar refractivity (Wildman–Crippen MR) is 123 cm³/mol. The third-order valence-electron chi connectivity index (χ3n) is 5.12. The first-order valence-electron chi connectivity index (χ1n) is 9.94. The molecule has 0 saturated carbocycles. The lowest BCUT2D eigenvalue weighted by Crippen LogP contribution is -2.31. The number of hydrogen-bond donors (Lipinski definition) is 1. The lowest BCUT2D eigenvalue weighted by atomic mass is 10.0. The molecular weight excluding hydrogens is 430 g/mol. The zero-order valence-electron chi connectivity index (χ0n) is 17.3. The number of thiocarbonyl (C=S) groups is 1. The van der Waals surface area contributed by atoms with Crippen LogP contribution in [-0.4, -0.2) is 34.6 Å². The zero-order chi connectivity index (χ0) is 21.8.